The summed E-state index contributed by atoms with van der Waals surface area (Å²) in [7, 11) is 1.79. The van der Waals surface area contributed by atoms with Gasteiger partial charge in [-0.2, -0.15) is 5.10 Å². The smallest absolute Gasteiger partial charge is 0.265 e. The normalized spacial score (nSPS) is 10.8. The van der Waals surface area contributed by atoms with Crippen molar-refractivity contribution in [3.05, 3.63) is 83.3 Å². The Balaban J connectivity index is 1.50. The van der Waals surface area contributed by atoms with Crippen LogP contribution in [0.15, 0.2) is 67.1 Å². The maximum atomic E-state index is 12.9. The van der Waals surface area contributed by atoms with Crippen LogP contribution in [0.5, 0.6) is 0 Å². The van der Waals surface area contributed by atoms with Gasteiger partial charge in [0, 0.05) is 31.5 Å². The highest BCUT2D eigenvalue weighted by Gasteiger charge is 2.20. The van der Waals surface area contributed by atoms with Crippen LogP contribution in [0.2, 0.25) is 0 Å². The van der Waals surface area contributed by atoms with Crippen molar-refractivity contribution >= 4 is 17.2 Å². The number of hydrogen-bond donors (Lipinski definition) is 0. The van der Waals surface area contributed by atoms with Crippen LogP contribution in [0.3, 0.4) is 0 Å². The van der Waals surface area contributed by atoms with Crippen LogP contribution in [-0.2, 0) is 6.54 Å². The second-order valence-corrected chi connectivity index (χ2v) is 7.44. The molecule has 7 heteroatoms. The van der Waals surface area contributed by atoms with Gasteiger partial charge < -0.3 is 4.90 Å². The van der Waals surface area contributed by atoms with Crippen molar-refractivity contribution in [2.45, 2.75) is 13.5 Å². The molecule has 0 unspecified atom stereocenters. The third kappa shape index (κ3) is 3.70. The SMILES string of the molecule is Cc1nc(-c2ccccn2)sc1C(=O)N(C)Cc1cnn(-c2ccccc2)c1. The fourth-order valence-electron chi connectivity index (χ4n) is 2.88. The Morgan fingerprint density at radius 3 is 2.68 bits per heavy atom. The van der Waals surface area contributed by atoms with E-state index in [1.54, 1.807) is 24.3 Å². The summed E-state index contributed by atoms with van der Waals surface area (Å²) < 4.78 is 1.81. The molecule has 3 heterocycles. The zero-order valence-electron chi connectivity index (χ0n) is 15.6. The van der Waals surface area contributed by atoms with Crippen molar-refractivity contribution in [2.75, 3.05) is 7.05 Å². The molecule has 0 N–H and O–H groups in total. The van der Waals surface area contributed by atoms with E-state index in [1.165, 1.54) is 11.3 Å². The van der Waals surface area contributed by atoms with E-state index in [9.17, 15) is 4.79 Å². The molecule has 140 valence electrons. The summed E-state index contributed by atoms with van der Waals surface area (Å²) in [5, 5.41) is 5.15. The lowest BCUT2D eigenvalue weighted by Gasteiger charge is -2.15. The van der Waals surface area contributed by atoms with E-state index in [4.69, 9.17) is 0 Å². The lowest BCUT2D eigenvalue weighted by molar-refractivity contribution is 0.0789. The second kappa shape index (κ2) is 7.74. The minimum atomic E-state index is -0.0513. The molecule has 0 fully saturated rings. The van der Waals surface area contributed by atoms with E-state index >= 15 is 0 Å². The van der Waals surface area contributed by atoms with Gasteiger partial charge in [0.05, 0.1) is 23.3 Å². The predicted octanol–water partition coefficient (Wildman–Crippen LogP) is 3.97. The Hall–Kier alpha value is -3.32. The van der Waals surface area contributed by atoms with Crippen LogP contribution >= 0.6 is 11.3 Å². The van der Waals surface area contributed by atoms with Gasteiger partial charge in [-0.1, -0.05) is 24.3 Å². The Morgan fingerprint density at radius 1 is 1.14 bits per heavy atom. The van der Waals surface area contributed by atoms with Crippen molar-refractivity contribution in [1.82, 2.24) is 24.6 Å². The molecule has 0 saturated heterocycles. The van der Waals surface area contributed by atoms with Gasteiger partial charge in [0.2, 0.25) is 0 Å². The number of rotatable bonds is 5. The minimum absolute atomic E-state index is 0.0513. The van der Waals surface area contributed by atoms with E-state index < -0.39 is 0 Å². The first kappa shape index (κ1) is 18.1. The Bertz CT molecular complexity index is 1090. The quantitative estimate of drug-likeness (QED) is 0.518. The largest absolute Gasteiger partial charge is 0.337 e. The van der Waals surface area contributed by atoms with Crippen molar-refractivity contribution in [3.63, 3.8) is 0 Å². The number of para-hydroxylation sites is 1. The average molecular weight is 389 g/mol. The zero-order chi connectivity index (χ0) is 19.5. The number of nitrogens with zero attached hydrogens (tertiary/aromatic N) is 5. The number of hydrogen-bond acceptors (Lipinski definition) is 5. The molecule has 1 amide bonds. The van der Waals surface area contributed by atoms with Gasteiger partial charge in [0.25, 0.3) is 5.91 Å². The highest BCUT2D eigenvalue weighted by atomic mass is 32.1. The van der Waals surface area contributed by atoms with E-state index in [0.29, 0.717) is 11.4 Å². The molecular weight excluding hydrogens is 370 g/mol. The number of benzene rings is 1. The van der Waals surface area contributed by atoms with Gasteiger partial charge in [0.15, 0.2) is 0 Å². The summed E-state index contributed by atoms with van der Waals surface area (Å²) >= 11 is 1.38. The maximum absolute atomic E-state index is 12.9. The molecule has 6 nitrogen and oxygen atoms in total. The number of amides is 1. The first-order chi connectivity index (χ1) is 13.6. The topological polar surface area (TPSA) is 63.9 Å². The first-order valence-electron chi connectivity index (χ1n) is 8.85. The molecule has 1 aromatic carbocycles. The highest BCUT2D eigenvalue weighted by Crippen LogP contribution is 2.27. The van der Waals surface area contributed by atoms with Gasteiger partial charge in [-0.05, 0) is 31.2 Å². The average Bonchev–Trinajstić information content (AvgIpc) is 3.35. The summed E-state index contributed by atoms with van der Waals surface area (Å²) in [4.78, 5) is 24.1. The number of pyridine rings is 1. The van der Waals surface area contributed by atoms with Crippen LogP contribution in [0.1, 0.15) is 20.9 Å². The molecule has 3 aromatic heterocycles. The van der Waals surface area contributed by atoms with Gasteiger partial charge in [0.1, 0.15) is 9.88 Å². The Labute approximate surface area is 167 Å². The fraction of sp³-hybridized carbons (Fsp3) is 0.143. The third-order valence-corrected chi connectivity index (χ3v) is 5.47. The van der Waals surface area contributed by atoms with Gasteiger partial charge >= 0.3 is 0 Å². The summed E-state index contributed by atoms with van der Waals surface area (Å²) in [6.45, 7) is 2.33. The Kier molecular flexibility index (Phi) is 4.99. The molecule has 4 rings (SSSR count). The van der Waals surface area contributed by atoms with E-state index in [-0.39, 0.29) is 5.91 Å². The molecule has 0 aliphatic rings. The summed E-state index contributed by atoms with van der Waals surface area (Å²) in [5.41, 5.74) is 3.46. The molecule has 0 aliphatic carbocycles. The van der Waals surface area contributed by atoms with Gasteiger partial charge in [-0.15, -0.1) is 11.3 Å². The predicted molar refractivity (Wildman–Crippen MR) is 109 cm³/mol. The van der Waals surface area contributed by atoms with Gasteiger partial charge in [-0.3, -0.25) is 9.78 Å². The molecule has 0 spiro atoms. The standard InChI is InChI=1S/C21H19N5OS/c1-15-19(28-20(24-15)18-10-6-7-11-22-18)21(27)25(2)13-16-12-23-26(14-16)17-8-4-3-5-9-17/h3-12,14H,13H2,1-2H3. The molecule has 28 heavy (non-hydrogen) atoms. The second-order valence-electron chi connectivity index (χ2n) is 6.44. The molecule has 0 radical (unpaired) electrons. The third-order valence-electron chi connectivity index (χ3n) is 4.30. The van der Waals surface area contributed by atoms with Crippen LogP contribution < -0.4 is 0 Å². The lowest BCUT2D eigenvalue weighted by Crippen LogP contribution is -2.25. The van der Waals surface area contributed by atoms with Crippen LogP contribution in [0, 0.1) is 6.92 Å². The van der Waals surface area contributed by atoms with E-state index in [2.05, 4.69) is 15.1 Å². The minimum Gasteiger partial charge on any atom is -0.337 e. The van der Waals surface area contributed by atoms with Crippen molar-refractivity contribution in [2.24, 2.45) is 0 Å². The van der Waals surface area contributed by atoms with Crippen molar-refractivity contribution in [1.29, 1.82) is 0 Å². The maximum Gasteiger partial charge on any atom is 0.265 e. The molecule has 0 bridgehead atoms. The van der Waals surface area contributed by atoms with Crippen LogP contribution in [0.4, 0.5) is 0 Å². The monoisotopic (exact) mass is 389 g/mol. The van der Waals surface area contributed by atoms with Crippen molar-refractivity contribution < 1.29 is 4.79 Å². The molecule has 0 atom stereocenters. The fourth-order valence-corrected chi connectivity index (χ4v) is 3.91. The molecule has 0 aliphatic heterocycles. The number of carbonyl (C=O) groups is 1. The van der Waals surface area contributed by atoms with Crippen LogP contribution in [-0.4, -0.2) is 37.6 Å². The molecule has 0 saturated carbocycles. The van der Waals surface area contributed by atoms with Gasteiger partial charge in [-0.25, -0.2) is 9.67 Å². The first-order valence-corrected chi connectivity index (χ1v) is 9.67. The Morgan fingerprint density at radius 2 is 1.93 bits per heavy atom. The number of thiazole rings is 1. The summed E-state index contributed by atoms with van der Waals surface area (Å²) in [5.74, 6) is -0.0513. The molecule has 4 aromatic rings. The summed E-state index contributed by atoms with van der Waals surface area (Å²) in [6.07, 6.45) is 5.46. The molecular formula is C21H19N5OS. The van der Waals surface area contributed by atoms with E-state index in [1.807, 2.05) is 66.3 Å². The zero-order valence-corrected chi connectivity index (χ0v) is 16.4. The highest BCUT2D eigenvalue weighted by molar-refractivity contribution is 7.17. The lowest BCUT2D eigenvalue weighted by atomic mass is 10.3. The summed E-state index contributed by atoms with van der Waals surface area (Å²) in [6, 6.07) is 15.6. The van der Waals surface area contributed by atoms with Crippen molar-refractivity contribution in [3.8, 4) is 16.4 Å². The van der Waals surface area contributed by atoms with E-state index in [0.717, 1.165) is 27.6 Å². The number of carbonyl (C=O) groups excluding carboxylic acids is 1. The number of aromatic nitrogens is 4. The van der Waals surface area contributed by atoms with Crippen LogP contribution in [0.25, 0.3) is 16.4 Å². The number of aryl methyl sites for hydroxylation is 1.